The standard InChI is InChI=1S/C14H28N2O6/c1-12(8-15-13(17)10-21-6-4-19-2)9-16-14(18)11-22-7-5-20-3/h12H,4-11H2,1-3H3,(H,15,17)(H,16,18). The van der Waals surface area contributed by atoms with Crippen molar-refractivity contribution in [3.05, 3.63) is 0 Å². The molecule has 0 radical (unpaired) electrons. The van der Waals surface area contributed by atoms with Gasteiger partial charge in [-0.1, -0.05) is 6.92 Å². The minimum absolute atomic E-state index is 0.00970. The van der Waals surface area contributed by atoms with Crippen LogP contribution in [0, 0.1) is 5.92 Å². The van der Waals surface area contributed by atoms with Gasteiger partial charge in [-0.25, -0.2) is 0 Å². The van der Waals surface area contributed by atoms with Crippen LogP contribution in [-0.4, -0.2) is 78.8 Å². The van der Waals surface area contributed by atoms with E-state index in [-0.39, 0.29) is 30.9 Å². The molecule has 2 amide bonds. The van der Waals surface area contributed by atoms with Crippen LogP contribution < -0.4 is 10.6 Å². The molecule has 0 aromatic rings. The van der Waals surface area contributed by atoms with Crippen molar-refractivity contribution < 1.29 is 28.5 Å². The Hall–Kier alpha value is -1.22. The summed E-state index contributed by atoms with van der Waals surface area (Å²) in [6.07, 6.45) is 0. The number of hydrogen-bond donors (Lipinski definition) is 2. The fourth-order valence-electron chi connectivity index (χ4n) is 1.36. The zero-order valence-corrected chi connectivity index (χ0v) is 13.7. The summed E-state index contributed by atoms with van der Waals surface area (Å²) in [6.45, 7) is 4.58. The molecule has 0 saturated heterocycles. The number of carbonyl (C=O) groups is 2. The number of hydrogen-bond acceptors (Lipinski definition) is 6. The highest BCUT2D eigenvalue weighted by atomic mass is 16.5. The van der Waals surface area contributed by atoms with Gasteiger partial charge in [-0.15, -0.1) is 0 Å². The van der Waals surface area contributed by atoms with Crippen LogP contribution in [0.5, 0.6) is 0 Å². The van der Waals surface area contributed by atoms with Gasteiger partial charge in [-0.3, -0.25) is 9.59 Å². The molecule has 2 N–H and O–H groups in total. The highest BCUT2D eigenvalue weighted by Crippen LogP contribution is 1.90. The normalized spacial score (nSPS) is 10.7. The predicted molar refractivity (Wildman–Crippen MR) is 80.6 cm³/mol. The Morgan fingerprint density at radius 2 is 1.23 bits per heavy atom. The summed E-state index contributed by atoms with van der Waals surface area (Å²) in [5.74, 6) is -0.250. The molecule has 0 fully saturated rings. The largest absolute Gasteiger partial charge is 0.382 e. The van der Waals surface area contributed by atoms with E-state index in [1.54, 1.807) is 14.2 Å². The molecule has 130 valence electrons. The number of carbonyl (C=O) groups excluding carboxylic acids is 2. The average molecular weight is 320 g/mol. The Balaban J connectivity index is 3.53. The van der Waals surface area contributed by atoms with E-state index in [0.29, 0.717) is 39.5 Å². The molecule has 8 heteroatoms. The maximum Gasteiger partial charge on any atom is 0.246 e. The van der Waals surface area contributed by atoms with Crippen LogP contribution >= 0.6 is 0 Å². The number of rotatable bonds is 14. The zero-order chi connectivity index (χ0) is 16.6. The zero-order valence-electron chi connectivity index (χ0n) is 13.7. The molecule has 8 nitrogen and oxygen atoms in total. The third-order valence-corrected chi connectivity index (χ3v) is 2.63. The molecule has 0 aliphatic heterocycles. The first-order valence-corrected chi connectivity index (χ1v) is 7.26. The number of amides is 2. The first-order chi connectivity index (χ1) is 10.6. The molecule has 0 aliphatic carbocycles. The highest BCUT2D eigenvalue weighted by Gasteiger charge is 2.08. The van der Waals surface area contributed by atoms with Gasteiger partial charge in [0, 0.05) is 27.3 Å². The van der Waals surface area contributed by atoms with E-state index in [9.17, 15) is 9.59 Å². The Labute approximate surface area is 131 Å². The van der Waals surface area contributed by atoms with Crippen molar-refractivity contribution in [2.75, 3.05) is 67.0 Å². The molecule has 0 saturated carbocycles. The highest BCUT2D eigenvalue weighted by molar-refractivity contribution is 5.77. The van der Waals surface area contributed by atoms with Gasteiger partial charge in [0.1, 0.15) is 13.2 Å². The lowest BCUT2D eigenvalue weighted by atomic mass is 10.2. The lowest BCUT2D eigenvalue weighted by molar-refractivity contribution is -0.126. The van der Waals surface area contributed by atoms with Crippen molar-refractivity contribution in [1.29, 1.82) is 0 Å². The van der Waals surface area contributed by atoms with Crippen molar-refractivity contribution in [1.82, 2.24) is 10.6 Å². The second-order valence-corrected chi connectivity index (χ2v) is 4.80. The maximum atomic E-state index is 11.5. The smallest absolute Gasteiger partial charge is 0.246 e. The molecule has 0 aromatic carbocycles. The third kappa shape index (κ3) is 13.7. The molecule has 0 atom stereocenters. The topological polar surface area (TPSA) is 95.1 Å². The van der Waals surface area contributed by atoms with E-state index >= 15 is 0 Å². The number of methoxy groups -OCH3 is 2. The molecular formula is C14H28N2O6. The molecule has 0 heterocycles. The first kappa shape index (κ1) is 20.8. The second-order valence-electron chi connectivity index (χ2n) is 4.80. The predicted octanol–water partition coefficient (Wildman–Crippen LogP) is -0.819. The van der Waals surface area contributed by atoms with Crippen LogP contribution in [0.25, 0.3) is 0 Å². The van der Waals surface area contributed by atoms with E-state index in [1.165, 1.54) is 0 Å². The van der Waals surface area contributed by atoms with E-state index in [4.69, 9.17) is 18.9 Å². The quantitative estimate of drug-likeness (QED) is 0.406. The van der Waals surface area contributed by atoms with Crippen LogP contribution in [0.4, 0.5) is 0 Å². The Morgan fingerprint density at radius 1 is 0.818 bits per heavy atom. The summed E-state index contributed by atoms with van der Waals surface area (Å²) in [5.41, 5.74) is 0. The summed E-state index contributed by atoms with van der Waals surface area (Å²) >= 11 is 0. The van der Waals surface area contributed by atoms with E-state index < -0.39 is 0 Å². The van der Waals surface area contributed by atoms with Gasteiger partial charge in [0.25, 0.3) is 0 Å². The minimum atomic E-state index is -0.183. The van der Waals surface area contributed by atoms with Gasteiger partial charge in [0.05, 0.1) is 26.4 Å². The van der Waals surface area contributed by atoms with Gasteiger partial charge in [-0.05, 0) is 5.92 Å². The van der Waals surface area contributed by atoms with E-state index in [0.717, 1.165) is 0 Å². The van der Waals surface area contributed by atoms with Crippen molar-refractivity contribution in [3.8, 4) is 0 Å². The summed E-state index contributed by atoms with van der Waals surface area (Å²) in [5, 5.41) is 5.48. The molecular weight excluding hydrogens is 292 g/mol. The van der Waals surface area contributed by atoms with Crippen LogP contribution in [-0.2, 0) is 28.5 Å². The average Bonchev–Trinajstić information content (AvgIpc) is 2.51. The maximum absolute atomic E-state index is 11.5. The van der Waals surface area contributed by atoms with Crippen molar-refractivity contribution in [3.63, 3.8) is 0 Å². The molecule has 22 heavy (non-hydrogen) atoms. The Morgan fingerprint density at radius 3 is 1.59 bits per heavy atom. The summed E-state index contributed by atoms with van der Waals surface area (Å²) in [4.78, 5) is 22.9. The minimum Gasteiger partial charge on any atom is -0.382 e. The lowest BCUT2D eigenvalue weighted by Crippen LogP contribution is -2.38. The molecule has 0 aromatic heterocycles. The second kappa shape index (κ2) is 14.7. The van der Waals surface area contributed by atoms with E-state index in [1.807, 2.05) is 6.92 Å². The molecule has 0 aliphatic rings. The van der Waals surface area contributed by atoms with Crippen molar-refractivity contribution >= 4 is 11.8 Å². The van der Waals surface area contributed by atoms with E-state index in [2.05, 4.69) is 10.6 Å². The van der Waals surface area contributed by atoms with Crippen molar-refractivity contribution in [2.45, 2.75) is 6.92 Å². The van der Waals surface area contributed by atoms with Crippen LogP contribution in [0.15, 0.2) is 0 Å². The molecule has 0 bridgehead atoms. The Bertz CT molecular complexity index is 273. The molecule has 0 unspecified atom stereocenters. The third-order valence-electron chi connectivity index (χ3n) is 2.63. The molecule has 0 spiro atoms. The van der Waals surface area contributed by atoms with Gasteiger partial charge in [0.2, 0.25) is 11.8 Å². The fourth-order valence-corrected chi connectivity index (χ4v) is 1.36. The fraction of sp³-hybridized carbons (Fsp3) is 0.857. The molecule has 0 rings (SSSR count). The summed E-state index contributed by atoms with van der Waals surface area (Å²) in [6, 6.07) is 0. The number of nitrogens with one attached hydrogen (secondary N) is 2. The summed E-state index contributed by atoms with van der Waals surface area (Å²) in [7, 11) is 3.14. The first-order valence-electron chi connectivity index (χ1n) is 7.26. The Kier molecular flexibility index (Phi) is 13.9. The van der Waals surface area contributed by atoms with Crippen LogP contribution in [0.3, 0.4) is 0 Å². The van der Waals surface area contributed by atoms with Gasteiger partial charge >= 0.3 is 0 Å². The van der Waals surface area contributed by atoms with Gasteiger partial charge in [0.15, 0.2) is 0 Å². The lowest BCUT2D eigenvalue weighted by Gasteiger charge is -2.14. The van der Waals surface area contributed by atoms with Crippen LogP contribution in [0.2, 0.25) is 0 Å². The monoisotopic (exact) mass is 320 g/mol. The number of ether oxygens (including phenoxy) is 4. The van der Waals surface area contributed by atoms with Crippen molar-refractivity contribution in [2.24, 2.45) is 5.92 Å². The van der Waals surface area contributed by atoms with Gasteiger partial charge < -0.3 is 29.6 Å². The van der Waals surface area contributed by atoms with Gasteiger partial charge in [-0.2, -0.15) is 0 Å². The van der Waals surface area contributed by atoms with Crippen LogP contribution in [0.1, 0.15) is 6.92 Å². The SMILES string of the molecule is COCCOCC(=O)NCC(C)CNC(=O)COCCOC. The summed E-state index contributed by atoms with van der Waals surface area (Å²) < 4.78 is 19.8.